The first kappa shape index (κ1) is 13.9. The fourth-order valence-electron chi connectivity index (χ4n) is 1.62. The van der Waals surface area contributed by atoms with Crippen molar-refractivity contribution >= 4 is 8.32 Å². The maximum absolute atomic E-state index is 9.54. The molecule has 1 N–H and O–H groups in total. The van der Waals surface area contributed by atoms with Gasteiger partial charge in [0.25, 0.3) is 0 Å². The highest BCUT2D eigenvalue weighted by Gasteiger charge is 2.37. The van der Waals surface area contributed by atoms with Crippen LogP contribution in [0.5, 0.6) is 0 Å². The highest BCUT2D eigenvalue weighted by molar-refractivity contribution is 6.74. The van der Waals surface area contributed by atoms with Crippen molar-refractivity contribution < 1.29 is 9.53 Å². The molecule has 0 radical (unpaired) electrons. The van der Waals surface area contributed by atoms with Gasteiger partial charge in [-0.15, -0.1) is 0 Å². The molecule has 94 valence electrons. The fraction of sp³-hybridized carbons (Fsp3) is 0.846. The van der Waals surface area contributed by atoms with Crippen LogP contribution in [0.4, 0.5) is 0 Å². The minimum absolute atomic E-state index is 0.262. The number of hydrogen-bond donors (Lipinski definition) is 1. The lowest BCUT2D eigenvalue weighted by atomic mass is 9.93. The molecule has 0 unspecified atom stereocenters. The van der Waals surface area contributed by atoms with Gasteiger partial charge in [0, 0.05) is 6.61 Å². The van der Waals surface area contributed by atoms with Crippen LogP contribution in [-0.4, -0.2) is 26.1 Å². The van der Waals surface area contributed by atoms with Gasteiger partial charge >= 0.3 is 0 Å². The van der Waals surface area contributed by atoms with Gasteiger partial charge in [0.2, 0.25) is 0 Å². The summed E-state index contributed by atoms with van der Waals surface area (Å²) in [5, 5.41) is 9.81. The van der Waals surface area contributed by atoms with E-state index in [0.29, 0.717) is 5.92 Å². The van der Waals surface area contributed by atoms with Gasteiger partial charge < -0.3 is 9.53 Å². The van der Waals surface area contributed by atoms with Crippen LogP contribution in [0.2, 0.25) is 18.1 Å². The van der Waals surface area contributed by atoms with Crippen molar-refractivity contribution in [3.05, 3.63) is 12.2 Å². The van der Waals surface area contributed by atoms with Crippen molar-refractivity contribution in [3.8, 4) is 0 Å². The number of allylic oxidation sites excluding steroid dienone is 1. The molecule has 3 heteroatoms. The topological polar surface area (TPSA) is 29.5 Å². The number of hydrogen-bond acceptors (Lipinski definition) is 2. The van der Waals surface area contributed by atoms with Gasteiger partial charge in [-0.1, -0.05) is 32.9 Å². The maximum atomic E-state index is 9.54. The van der Waals surface area contributed by atoms with Gasteiger partial charge in [-0.05, 0) is 36.9 Å². The first-order chi connectivity index (χ1) is 7.22. The van der Waals surface area contributed by atoms with Crippen LogP contribution in [0, 0.1) is 5.92 Å². The van der Waals surface area contributed by atoms with Crippen LogP contribution in [0.25, 0.3) is 0 Å². The Morgan fingerprint density at radius 3 is 2.50 bits per heavy atom. The van der Waals surface area contributed by atoms with Gasteiger partial charge in [-0.25, -0.2) is 0 Å². The highest BCUT2D eigenvalue weighted by Crippen LogP contribution is 2.37. The molecule has 0 saturated heterocycles. The monoisotopic (exact) mass is 242 g/mol. The Bertz CT molecular complexity index is 253. The molecule has 0 aromatic rings. The van der Waals surface area contributed by atoms with E-state index in [1.807, 2.05) is 6.08 Å². The minimum atomic E-state index is -1.62. The Morgan fingerprint density at radius 2 is 2.00 bits per heavy atom. The van der Waals surface area contributed by atoms with Crippen LogP contribution < -0.4 is 0 Å². The summed E-state index contributed by atoms with van der Waals surface area (Å²) in [7, 11) is -1.62. The summed E-state index contributed by atoms with van der Waals surface area (Å²) in [6.07, 6.45) is 5.61. The van der Waals surface area contributed by atoms with E-state index in [0.717, 1.165) is 19.4 Å². The van der Waals surface area contributed by atoms with E-state index in [2.05, 4.69) is 39.9 Å². The average Bonchev–Trinajstić information content (AvgIpc) is 2.13. The molecule has 0 aromatic carbocycles. The molecule has 16 heavy (non-hydrogen) atoms. The van der Waals surface area contributed by atoms with Crippen molar-refractivity contribution in [1.29, 1.82) is 0 Å². The normalized spacial score (nSPS) is 27.1. The van der Waals surface area contributed by atoms with Crippen molar-refractivity contribution in [2.45, 2.75) is 57.8 Å². The summed E-state index contributed by atoms with van der Waals surface area (Å²) < 4.78 is 6.18. The standard InChI is InChI=1S/C13H26O2Si/c1-13(2,3)16(4,5)15-10-11-7-6-8-12(14)9-11/h6,8,11-12,14H,7,9-10H2,1-5H3/t11-,12-/m1/s1. The molecule has 2 atom stereocenters. The van der Waals surface area contributed by atoms with Crippen LogP contribution in [0.1, 0.15) is 33.6 Å². The van der Waals surface area contributed by atoms with Gasteiger partial charge in [0.15, 0.2) is 8.32 Å². The zero-order valence-corrected chi connectivity index (χ0v) is 12.3. The molecule has 1 aliphatic rings. The van der Waals surface area contributed by atoms with Gasteiger partial charge in [-0.2, -0.15) is 0 Å². The Hall–Kier alpha value is -0.123. The summed E-state index contributed by atoms with van der Waals surface area (Å²) >= 11 is 0. The second-order valence-corrected chi connectivity index (χ2v) is 11.2. The van der Waals surface area contributed by atoms with Crippen molar-refractivity contribution in [2.75, 3.05) is 6.61 Å². The second kappa shape index (κ2) is 5.03. The van der Waals surface area contributed by atoms with E-state index in [4.69, 9.17) is 4.43 Å². The summed E-state index contributed by atoms with van der Waals surface area (Å²) in [5.74, 6) is 0.495. The van der Waals surface area contributed by atoms with Crippen molar-refractivity contribution in [1.82, 2.24) is 0 Å². The third-order valence-electron chi connectivity index (χ3n) is 3.89. The lowest BCUT2D eigenvalue weighted by Crippen LogP contribution is -2.42. The average molecular weight is 242 g/mol. The smallest absolute Gasteiger partial charge is 0.191 e. The molecule has 0 spiro atoms. The minimum Gasteiger partial charge on any atom is -0.417 e. The fourth-order valence-corrected chi connectivity index (χ4v) is 2.71. The van der Waals surface area contributed by atoms with E-state index in [-0.39, 0.29) is 11.1 Å². The molecule has 1 rings (SSSR count). The zero-order chi connectivity index (χ0) is 12.4. The van der Waals surface area contributed by atoms with Crippen molar-refractivity contribution in [3.63, 3.8) is 0 Å². The summed E-state index contributed by atoms with van der Waals surface area (Å²) in [5.41, 5.74) is 0. The lowest BCUT2D eigenvalue weighted by molar-refractivity contribution is 0.142. The van der Waals surface area contributed by atoms with E-state index in [9.17, 15) is 5.11 Å². The van der Waals surface area contributed by atoms with E-state index < -0.39 is 8.32 Å². The molecular formula is C13H26O2Si. The van der Waals surface area contributed by atoms with E-state index in [1.54, 1.807) is 0 Å². The first-order valence-corrected chi connectivity index (χ1v) is 9.12. The SMILES string of the molecule is CC(C)(C)[Si](C)(C)OC[C@@H]1CC=C[C@@H](O)C1. The Labute approximate surface area is 101 Å². The molecule has 0 amide bonds. The summed E-state index contributed by atoms with van der Waals surface area (Å²) in [6.45, 7) is 12.1. The van der Waals surface area contributed by atoms with Crippen molar-refractivity contribution in [2.24, 2.45) is 5.92 Å². The van der Waals surface area contributed by atoms with E-state index >= 15 is 0 Å². The Kier molecular flexibility index (Phi) is 4.38. The molecular weight excluding hydrogens is 216 g/mol. The zero-order valence-electron chi connectivity index (χ0n) is 11.3. The third kappa shape index (κ3) is 3.72. The number of rotatable bonds is 3. The van der Waals surface area contributed by atoms with Crippen LogP contribution in [0.15, 0.2) is 12.2 Å². The predicted octanol–water partition coefficient (Wildman–Crippen LogP) is 3.34. The number of aliphatic hydroxyl groups is 1. The molecule has 0 aromatic heterocycles. The molecule has 2 nitrogen and oxygen atoms in total. The molecule has 0 saturated carbocycles. The highest BCUT2D eigenvalue weighted by atomic mass is 28.4. The number of aliphatic hydroxyl groups excluding tert-OH is 1. The van der Waals surface area contributed by atoms with Crippen LogP contribution >= 0.6 is 0 Å². The molecule has 0 fully saturated rings. The first-order valence-electron chi connectivity index (χ1n) is 6.21. The Balaban J connectivity index is 2.43. The summed E-state index contributed by atoms with van der Waals surface area (Å²) in [6, 6.07) is 0. The van der Waals surface area contributed by atoms with E-state index in [1.165, 1.54) is 0 Å². The maximum Gasteiger partial charge on any atom is 0.191 e. The second-order valence-electron chi connectivity index (χ2n) is 6.40. The van der Waals surface area contributed by atoms with Crippen LogP contribution in [0.3, 0.4) is 0 Å². The Morgan fingerprint density at radius 1 is 1.38 bits per heavy atom. The molecule has 1 aliphatic carbocycles. The molecule has 0 heterocycles. The predicted molar refractivity (Wildman–Crippen MR) is 71.0 cm³/mol. The molecule has 0 bridgehead atoms. The van der Waals surface area contributed by atoms with Gasteiger partial charge in [-0.3, -0.25) is 0 Å². The van der Waals surface area contributed by atoms with Gasteiger partial charge in [0.1, 0.15) is 0 Å². The summed E-state index contributed by atoms with van der Waals surface area (Å²) in [4.78, 5) is 0. The quantitative estimate of drug-likeness (QED) is 0.607. The van der Waals surface area contributed by atoms with Gasteiger partial charge in [0.05, 0.1) is 6.10 Å². The molecule has 0 aliphatic heterocycles. The third-order valence-corrected chi connectivity index (χ3v) is 8.39. The van der Waals surface area contributed by atoms with Crippen LogP contribution in [-0.2, 0) is 4.43 Å². The largest absolute Gasteiger partial charge is 0.417 e. The lowest BCUT2D eigenvalue weighted by Gasteiger charge is -2.37.